The highest BCUT2D eigenvalue weighted by Gasteiger charge is 2.32. The minimum Gasteiger partial charge on any atom is -0.354 e. The molecule has 0 saturated heterocycles. The van der Waals surface area contributed by atoms with Gasteiger partial charge < -0.3 is 10.2 Å². The van der Waals surface area contributed by atoms with Gasteiger partial charge in [0, 0.05) is 13.1 Å². The standard InChI is InChI=1S/C31H39N3O4S/c1-5-6-21-32-31(36)25(4)33(22-26-13-9-7-10-14-26)30(35)23-34(28-19-17-27(18-20-28)24(2)3)39(37,38)29-15-11-8-12-16-29/h7-20,24-25H,5-6,21-23H2,1-4H3,(H,32,36)/t25-/m1/s1. The number of anilines is 1. The molecule has 1 N–H and O–H groups in total. The van der Waals surface area contributed by atoms with E-state index >= 15 is 0 Å². The molecule has 0 heterocycles. The Morgan fingerprint density at radius 1 is 0.846 bits per heavy atom. The van der Waals surface area contributed by atoms with E-state index < -0.39 is 28.5 Å². The highest BCUT2D eigenvalue weighted by Crippen LogP contribution is 2.26. The molecule has 0 saturated carbocycles. The van der Waals surface area contributed by atoms with Gasteiger partial charge in [-0.15, -0.1) is 0 Å². The van der Waals surface area contributed by atoms with Crippen LogP contribution < -0.4 is 9.62 Å². The first-order chi connectivity index (χ1) is 18.6. The average Bonchev–Trinajstić information content (AvgIpc) is 2.95. The number of benzene rings is 3. The third-order valence-electron chi connectivity index (χ3n) is 6.65. The lowest BCUT2D eigenvalue weighted by molar-refractivity contribution is -0.139. The van der Waals surface area contributed by atoms with Crippen molar-refractivity contribution in [3.8, 4) is 0 Å². The quantitative estimate of drug-likeness (QED) is 0.292. The predicted molar refractivity (Wildman–Crippen MR) is 156 cm³/mol. The summed E-state index contributed by atoms with van der Waals surface area (Å²) in [5.74, 6) is -0.468. The topological polar surface area (TPSA) is 86.8 Å². The SMILES string of the molecule is CCCCNC(=O)[C@@H](C)N(Cc1ccccc1)C(=O)CN(c1ccc(C(C)C)cc1)S(=O)(=O)c1ccccc1. The van der Waals surface area contributed by atoms with E-state index in [0.29, 0.717) is 12.2 Å². The number of rotatable bonds is 13. The van der Waals surface area contributed by atoms with E-state index in [0.717, 1.165) is 28.3 Å². The van der Waals surface area contributed by atoms with Crippen LogP contribution in [0.3, 0.4) is 0 Å². The zero-order chi connectivity index (χ0) is 28.4. The van der Waals surface area contributed by atoms with Crippen molar-refractivity contribution < 1.29 is 18.0 Å². The van der Waals surface area contributed by atoms with E-state index in [1.807, 2.05) is 49.4 Å². The van der Waals surface area contributed by atoms with Crippen LogP contribution >= 0.6 is 0 Å². The Morgan fingerprint density at radius 3 is 2.00 bits per heavy atom. The van der Waals surface area contributed by atoms with Crippen LogP contribution in [-0.4, -0.2) is 44.3 Å². The number of carbonyl (C=O) groups is 2. The Balaban J connectivity index is 1.98. The fraction of sp³-hybridized carbons (Fsp3) is 0.355. The molecule has 2 amide bonds. The Labute approximate surface area is 232 Å². The van der Waals surface area contributed by atoms with Crippen LogP contribution in [0.5, 0.6) is 0 Å². The molecule has 0 aliphatic rings. The maximum absolute atomic E-state index is 13.9. The summed E-state index contributed by atoms with van der Waals surface area (Å²) < 4.78 is 28.8. The number of carbonyl (C=O) groups excluding carboxylic acids is 2. The molecule has 8 heteroatoms. The number of hydrogen-bond donors (Lipinski definition) is 1. The van der Waals surface area contributed by atoms with Crippen molar-refractivity contribution in [3.05, 3.63) is 96.1 Å². The molecule has 3 aromatic carbocycles. The number of unbranched alkanes of at least 4 members (excludes halogenated alkanes) is 1. The minimum atomic E-state index is -4.07. The maximum atomic E-state index is 13.9. The number of nitrogens with one attached hydrogen (secondary N) is 1. The Hall–Kier alpha value is -3.65. The number of amides is 2. The number of hydrogen-bond acceptors (Lipinski definition) is 4. The second kappa shape index (κ2) is 13.9. The van der Waals surface area contributed by atoms with Crippen molar-refractivity contribution in [1.82, 2.24) is 10.2 Å². The molecule has 1 atom stereocenters. The van der Waals surface area contributed by atoms with Gasteiger partial charge in [-0.25, -0.2) is 8.42 Å². The van der Waals surface area contributed by atoms with Crippen molar-refractivity contribution in [2.24, 2.45) is 0 Å². The van der Waals surface area contributed by atoms with Crippen LogP contribution in [0.25, 0.3) is 0 Å². The van der Waals surface area contributed by atoms with Crippen LogP contribution in [0.1, 0.15) is 57.6 Å². The summed E-state index contributed by atoms with van der Waals surface area (Å²) >= 11 is 0. The molecule has 0 aromatic heterocycles. The Kier molecular flexibility index (Phi) is 10.7. The zero-order valence-electron chi connectivity index (χ0n) is 23.2. The highest BCUT2D eigenvalue weighted by molar-refractivity contribution is 7.92. The van der Waals surface area contributed by atoms with E-state index in [2.05, 4.69) is 19.2 Å². The molecule has 0 bridgehead atoms. The van der Waals surface area contributed by atoms with Crippen LogP contribution in [0, 0.1) is 0 Å². The van der Waals surface area contributed by atoms with Crippen LogP contribution in [0.4, 0.5) is 5.69 Å². The first-order valence-electron chi connectivity index (χ1n) is 13.4. The van der Waals surface area contributed by atoms with Crippen molar-refractivity contribution in [1.29, 1.82) is 0 Å². The van der Waals surface area contributed by atoms with Gasteiger partial charge in [0.1, 0.15) is 12.6 Å². The van der Waals surface area contributed by atoms with E-state index in [1.165, 1.54) is 17.0 Å². The third kappa shape index (κ3) is 7.93. The van der Waals surface area contributed by atoms with Gasteiger partial charge in [-0.1, -0.05) is 87.9 Å². The lowest BCUT2D eigenvalue weighted by Crippen LogP contribution is -2.51. The molecule has 0 unspecified atom stereocenters. The predicted octanol–water partition coefficient (Wildman–Crippen LogP) is 5.34. The van der Waals surface area contributed by atoms with Crippen LogP contribution in [0.15, 0.2) is 89.8 Å². The molecule has 0 fully saturated rings. The molecule has 7 nitrogen and oxygen atoms in total. The van der Waals surface area contributed by atoms with Crippen molar-refractivity contribution in [2.45, 2.75) is 63.9 Å². The van der Waals surface area contributed by atoms with Gasteiger partial charge in [0.2, 0.25) is 11.8 Å². The van der Waals surface area contributed by atoms with Crippen molar-refractivity contribution in [2.75, 3.05) is 17.4 Å². The molecule has 3 rings (SSSR count). The minimum absolute atomic E-state index is 0.0886. The maximum Gasteiger partial charge on any atom is 0.264 e. The van der Waals surface area contributed by atoms with Crippen molar-refractivity contribution >= 4 is 27.5 Å². The van der Waals surface area contributed by atoms with E-state index in [9.17, 15) is 18.0 Å². The number of sulfonamides is 1. The van der Waals surface area contributed by atoms with Gasteiger partial charge in [-0.2, -0.15) is 0 Å². The Morgan fingerprint density at radius 2 is 1.44 bits per heavy atom. The summed E-state index contributed by atoms with van der Waals surface area (Å²) in [4.78, 5) is 28.4. The van der Waals surface area contributed by atoms with Gasteiger partial charge in [0.15, 0.2) is 0 Å². The molecular formula is C31H39N3O4S. The van der Waals surface area contributed by atoms with Gasteiger partial charge in [-0.05, 0) is 54.7 Å². The average molecular weight is 550 g/mol. The van der Waals surface area contributed by atoms with Gasteiger partial charge in [-0.3, -0.25) is 13.9 Å². The highest BCUT2D eigenvalue weighted by atomic mass is 32.2. The second-order valence-corrected chi connectivity index (χ2v) is 11.8. The monoisotopic (exact) mass is 549 g/mol. The molecule has 208 valence electrons. The fourth-order valence-corrected chi connectivity index (χ4v) is 5.61. The smallest absolute Gasteiger partial charge is 0.264 e. The van der Waals surface area contributed by atoms with Gasteiger partial charge in [0.25, 0.3) is 10.0 Å². The lowest BCUT2D eigenvalue weighted by atomic mass is 10.0. The molecular weight excluding hydrogens is 510 g/mol. The summed E-state index contributed by atoms with van der Waals surface area (Å²) in [7, 11) is -4.07. The normalized spacial score (nSPS) is 12.1. The first-order valence-corrected chi connectivity index (χ1v) is 14.9. The molecule has 39 heavy (non-hydrogen) atoms. The fourth-order valence-electron chi connectivity index (χ4n) is 4.17. The Bertz CT molecular complexity index is 1310. The lowest BCUT2D eigenvalue weighted by Gasteiger charge is -2.32. The number of nitrogens with zero attached hydrogens (tertiary/aromatic N) is 2. The van der Waals surface area contributed by atoms with E-state index in [-0.39, 0.29) is 23.3 Å². The first kappa shape index (κ1) is 29.9. The second-order valence-electron chi connectivity index (χ2n) is 9.90. The zero-order valence-corrected chi connectivity index (χ0v) is 24.0. The molecule has 0 aliphatic heterocycles. The molecule has 0 radical (unpaired) electrons. The third-order valence-corrected chi connectivity index (χ3v) is 8.44. The summed E-state index contributed by atoms with van der Waals surface area (Å²) in [5.41, 5.74) is 2.29. The van der Waals surface area contributed by atoms with Crippen molar-refractivity contribution in [3.63, 3.8) is 0 Å². The molecule has 0 aliphatic carbocycles. The van der Waals surface area contributed by atoms with E-state index in [4.69, 9.17) is 0 Å². The van der Waals surface area contributed by atoms with Crippen LogP contribution in [0.2, 0.25) is 0 Å². The molecule has 3 aromatic rings. The largest absolute Gasteiger partial charge is 0.354 e. The molecule has 0 spiro atoms. The van der Waals surface area contributed by atoms with E-state index in [1.54, 1.807) is 37.3 Å². The summed E-state index contributed by atoms with van der Waals surface area (Å²) in [6, 6.07) is 23.9. The summed E-state index contributed by atoms with van der Waals surface area (Å²) in [5, 5.41) is 2.90. The summed E-state index contributed by atoms with van der Waals surface area (Å²) in [6.07, 6.45) is 1.77. The van der Waals surface area contributed by atoms with Gasteiger partial charge in [0.05, 0.1) is 10.6 Å². The summed E-state index contributed by atoms with van der Waals surface area (Å²) in [6.45, 7) is 8.08. The van der Waals surface area contributed by atoms with Crippen LogP contribution in [-0.2, 0) is 26.2 Å². The van der Waals surface area contributed by atoms with Gasteiger partial charge >= 0.3 is 0 Å².